The van der Waals surface area contributed by atoms with Crippen LogP contribution in [0.1, 0.15) is 23.3 Å². The number of carbonyl (C=O) groups excluding carboxylic acids is 2. The molecule has 7 nitrogen and oxygen atoms in total. The standard InChI is InChI=1S/C18H24N4O3/c1-19-17(23)11-22-7-5-13(6-8-22)20-18(24)16-9-12-3-4-14(25-2)10-15(12)21-16/h3-4,9-10,13,21H,5-8,11H2,1-2H3,(H,19,23)(H,20,24). The van der Waals surface area contributed by atoms with Gasteiger partial charge in [0.25, 0.3) is 5.91 Å². The van der Waals surface area contributed by atoms with Gasteiger partial charge in [-0.3, -0.25) is 14.5 Å². The van der Waals surface area contributed by atoms with Crippen molar-refractivity contribution >= 4 is 22.7 Å². The lowest BCUT2D eigenvalue weighted by Crippen LogP contribution is -2.47. The van der Waals surface area contributed by atoms with Gasteiger partial charge in [-0.1, -0.05) is 0 Å². The number of ether oxygens (including phenoxy) is 1. The fourth-order valence-corrected chi connectivity index (χ4v) is 3.14. The van der Waals surface area contributed by atoms with E-state index in [9.17, 15) is 9.59 Å². The molecule has 1 saturated heterocycles. The minimum atomic E-state index is -0.0973. The lowest BCUT2D eigenvalue weighted by molar-refractivity contribution is -0.122. The van der Waals surface area contributed by atoms with Gasteiger partial charge < -0.3 is 20.4 Å². The number of aromatic amines is 1. The van der Waals surface area contributed by atoms with Crippen molar-refractivity contribution < 1.29 is 14.3 Å². The number of likely N-dealkylation sites (N-methyl/N-ethyl adjacent to an activating group) is 1. The summed E-state index contributed by atoms with van der Waals surface area (Å²) in [7, 11) is 3.26. The number of rotatable bonds is 5. The first-order chi connectivity index (χ1) is 12.1. The fourth-order valence-electron chi connectivity index (χ4n) is 3.14. The molecule has 7 heteroatoms. The third-order valence-corrected chi connectivity index (χ3v) is 4.64. The summed E-state index contributed by atoms with van der Waals surface area (Å²) >= 11 is 0. The minimum Gasteiger partial charge on any atom is -0.497 e. The number of hydrogen-bond acceptors (Lipinski definition) is 4. The number of amides is 2. The number of aromatic nitrogens is 1. The molecule has 1 aromatic heterocycles. The molecule has 0 aliphatic carbocycles. The summed E-state index contributed by atoms with van der Waals surface area (Å²) in [5.74, 6) is 0.681. The summed E-state index contributed by atoms with van der Waals surface area (Å²) in [6.45, 7) is 2.03. The molecule has 2 aromatic rings. The van der Waals surface area contributed by atoms with Gasteiger partial charge >= 0.3 is 0 Å². The normalized spacial score (nSPS) is 15.9. The Morgan fingerprint density at radius 2 is 2.04 bits per heavy atom. The summed E-state index contributed by atoms with van der Waals surface area (Å²) in [5, 5.41) is 6.70. The van der Waals surface area contributed by atoms with Gasteiger partial charge in [0.2, 0.25) is 5.91 Å². The summed E-state index contributed by atoms with van der Waals surface area (Å²) < 4.78 is 5.21. The Bertz CT molecular complexity index is 763. The van der Waals surface area contributed by atoms with Crippen molar-refractivity contribution in [1.29, 1.82) is 0 Å². The minimum absolute atomic E-state index is 0.0241. The van der Waals surface area contributed by atoms with Crippen molar-refractivity contribution in [2.24, 2.45) is 0 Å². The van der Waals surface area contributed by atoms with Gasteiger partial charge in [0, 0.05) is 43.1 Å². The SMILES string of the molecule is CNC(=O)CN1CCC(NC(=O)c2cc3ccc(OC)cc3[nH]2)CC1. The Morgan fingerprint density at radius 1 is 1.28 bits per heavy atom. The van der Waals surface area contributed by atoms with Crippen LogP contribution in [0.4, 0.5) is 0 Å². The third kappa shape index (κ3) is 4.11. The fraction of sp³-hybridized carbons (Fsp3) is 0.444. The van der Waals surface area contributed by atoms with E-state index < -0.39 is 0 Å². The number of nitrogens with one attached hydrogen (secondary N) is 3. The Labute approximate surface area is 146 Å². The van der Waals surface area contributed by atoms with E-state index >= 15 is 0 Å². The third-order valence-electron chi connectivity index (χ3n) is 4.64. The zero-order chi connectivity index (χ0) is 17.8. The van der Waals surface area contributed by atoms with Crippen LogP contribution in [0.15, 0.2) is 24.3 Å². The molecule has 0 bridgehead atoms. The number of piperidine rings is 1. The van der Waals surface area contributed by atoms with Gasteiger partial charge in [0.05, 0.1) is 13.7 Å². The lowest BCUT2D eigenvalue weighted by atomic mass is 10.0. The van der Waals surface area contributed by atoms with Crippen LogP contribution in [0.2, 0.25) is 0 Å². The smallest absolute Gasteiger partial charge is 0.267 e. The van der Waals surface area contributed by atoms with Gasteiger partial charge in [0.15, 0.2) is 0 Å². The summed E-state index contributed by atoms with van der Waals surface area (Å²) in [6, 6.07) is 7.67. The molecule has 3 rings (SSSR count). The van der Waals surface area contributed by atoms with Gasteiger partial charge in [-0.25, -0.2) is 0 Å². The monoisotopic (exact) mass is 344 g/mol. The van der Waals surface area contributed by atoms with Crippen molar-refractivity contribution in [3.8, 4) is 5.75 Å². The number of carbonyl (C=O) groups is 2. The number of likely N-dealkylation sites (tertiary alicyclic amines) is 1. The van der Waals surface area contributed by atoms with Crippen LogP contribution in [0.3, 0.4) is 0 Å². The van der Waals surface area contributed by atoms with E-state index in [2.05, 4.69) is 20.5 Å². The quantitative estimate of drug-likeness (QED) is 0.759. The van der Waals surface area contributed by atoms with Crippen LogP contribution in [-0.4, -0.2) is 61.5 Å². The Hall–Kier alpha value is -2.54. The second kappa shape index (κ2) is 7.57. The Kier molecular flexibility index (Phi) is 5.23. The average Bonchev–Trinajstić information content (AvgIpc) is 3.06. The molecule has 1 fully saturated rings. The first-order valence-corrected chi connectivity index (χ1v) is 8.49. The molecule has 1 aromatic carbocycles. The second-order valence-corrected chi connectivity index (χ2v) is 6.33. The molecule has 1 aliphatic heterocycles. The van der Waals surface area contributed by atoms with E-state index in [1.807, 2.05) is 24.3 Å². The van der Waals surface area contributed by atoms with Crippen LogP contribution in [0.5, 0.6) is 5.75 Å². The first kappa shape index (κ1) is 17.3. The van der Waals surface area contributed by atoms with Crippen LogP contribution in [0.25, 0.3) is 10.9 Å². The molecule has 2 heterocycles. The van der Waals surface area contributed by atoms with E-state index in [1.54, 1.807) is 14.2 Å². The van der Waals surface area contributed by atoms with Crippen LogP contribution in [-0.2, 0) is 4.79 Å². The van der Waals surface area contributed by atoms with E-state index in [1.165, 1.54) is 0 Å². The predicted molar refractivity (Wildman–Crippen MR) is 95.8 cm³/mol. The highest BCUT2D eigenvalue weighted by Crippen LogP contribution is 2.21. The molecule has 2 amide bonds. The Morgan fingerprint density at radius 3 is 2.72 bits per heavy atom. The van der Waals surface area contributed by atoms with E-state index in [4.69, 9.17) is 4.74 Å². The highest BCUT2D eigenvalue weighted by Gasteiger charge is 2.22. The van der Waals surface area contributed by atoms with Gasteiger partial charge in [-0.05, 0) is 31.0 Å². The molecular formula is C18H24N4O3. The maximum absolute atomic E-state index is 12.5. The topological polar surface area (TPSA) is 86.5 Å². The van der Waals surface area contributed by atoms with Gasteiger partial charge in [-0.15, -0.1) is 0 Å². The van der Waals surface area contributed by atoms with Crippen molar-refractivity contribution in [2.75, 3.05) is 33.8 Å². The van der Waals surface area contributed by atoms with Crippen molar-refractivity contribution in [1.82, 2.24) is 20.5 Å². The zero-order valence-electron chi connectivity index (χ0n) is 14.6. The van der Waals surface area contributed by atoms with E-state index in [-0.39, 0.29) is 17.9 Å². The molecule has 0 spiro atoms. The highest BCUT2D eigenvalue weighted by molar-refractivity contribution is 5.98. The number of nitrogens with zero attached hydrogens (tertiary/aromatic N) is 1. The van der Waals surface area contributed by atoms with Crippen molar-refractivity contribution in [2.45, 2.75) is 18.9 Å². The van der Waals surface area contributed by atoms with E-state index in [0.717, 1.165) is 42.6 Å². The average molecular weight is 344 g/mol. The van der Waals surface area contributed by atoms with Crippen LogP contribution in [0, 0.1) is 0 Å². The summed E-state index contributed by atoms with van der Waals surface area (Å²) in [4.78, 5) is 29.2. The second-order valence-electron chi connectivity index (χ2n) is 6.33. The van der Waals surface area contributed by atoms with Crippen molar-refractivity contribution in [3.63, 3.8) is 0 Å². The van der Waals surface area contributed by atoms with Crippen molar-refractivity contribution in [3.05, 3.63) is 30.0 Å². The molecule has 0 saturated carbocycles. The largest absolute Gasteiger partial charge is 0.497 e. The molecule has 0 radical (unpaired) electrons. The summed E-state index contributed by atoms with van der Waals surface area (Å²) in [5.41, 5.74) is 1.43. The molecular weight excluding hydrogens is 320 g/mol. The molecule has 0 unspecified atom stereocenters. The van der Waals surface area contributed by atoms with Crippen LogP contribution >= 0.6 is 0 Å². The highest BCUT2D eigenvalue weighted by atomic mass is 16.5. The lowest BCUT2D eigenvalue weighted by Gasteiger charge is -2.31. The molecule has 25 heavy (non-hydrogen) atoms. The predicted octanol–water partition coefficient (Wildman–Crippen LogP) is 1.12. The van der Waals surface area contributed by atoms with Crippen LogP contribution < -0.4 is 15.4 Å². The number of methoxy groups -OCH3 is 1. The molecule has 3 N–H and O–H groups in total. The summed E-state index contributed by atoms with van der Waals surface area (Å²) in [6.07, 6.45) is 1.69. The zero-order valence-corrected chi connectivity index (χ0v) is 14.6. The van der Waals surface area contributed by atoms with Gasteiger partial charge in [-0.2, -0.15) is 0 Å². The Balaban J connectivity index is 1.57. The first-order valence-electron chi connectivity index (χ1n) is 8.49. The number of fused-ring (bicyclic) bond motifs is 1. The maximum atomic E-state index is 12.5. The molecule has 134 valence electrons. The van der Waals surface area contributed by atoms with Gasteiger partial charge in [0.1, 0.15) is 11.4 Å². The molecule has 0 atom stereocenters. The number of hydrogen-bond donors (Lipinski definition) is 3. The number of H-pyrrole nitrogens is 1. The maximum Gasteiger partial charge on any atom is 0.267 e. The molecule has 1 aliphatic rings. The van der Waals surface area contributed by atoms with E-state index in [0.29, 0.717) is 12.2 Å². The number of benzene rings is 1.